The molecule has 0 amide bonds. The summed E-state index contributed by atoms with van der Waals surface area (Å²) in [5, 5.41) is 28.6. The Hall–Kier alpha value is -1.13. The number of hydrogen-bond acceptors (Lipinski definition) is 3. The van der Waals surface area contributed by atoms with E-state index < -0.39 is 11.4 Å². The van der Waals surface area contributed by atoms with Gasteiger partial charge in [0.2, 0.25) is 0 Å². The van der Waals surface area contributed by atoms with Crippen LogP contribution in [0.3, 0.4) is 0 Å². The second-order valence-corrected chi connectivity index (χ2v) is 7.97. The van der Waals surface area contributed by atoms with Crippen molar-refractivity contribution in [3.05, 3.63) is 23.8 Å². The average Bonchev–Trinajstić information content (AvgIpc) is 2.55. The third-order valence-corrected chi connectivity index (χ3v) is 7.04. The highest BCUT2D eigenvalue weighted by Gasteiger charge is 2.59. The summed E-state index contributed by atoms with van der Waals surface area (Å²) < 4.78 is 0. The molecule has 0 aromatic carbocycles. The Morgan fingerprint density at radius 1 is 1.38 bits per heavy atom. The molecule has 4 heteroatoms. The second kappa shape index (κ2) is 7.40. The highest BCUT2D eigenvalue weighted by Crippen LogP contribution is 2.63. The van der Waals surface area contributed by atoms with Gasteiger partial charge in [0.1, 0.15) is 0 Å². The van der Waals surface area contributed by atoms with Crippen LogP contribution in [0.1, 0.15) is 58.8 Å². The molecule has 0 heterocycles. The molecule has 24 heavy (non-hydrogen) atoms. The fourth-order valence-electron chi connectivity index (χ4n) is 5.23. The summed E-state index contributed by atoms with van der Waals surface area (Å²) >= 11 is 0. The van der Waals surface area contributed by atoms with Gasteiger partial charge in [-0.2, -0.15) is 0 Å². The molecule has 4 nitrogen and oxygen atoms in total. The molecule has 2 saturated carbocycles. The van der Waals surface area contributed by atoms with Crippen molar-refractivity contribution < 1.29 is 20.1 Å². The van der Waals surface area contributed by atoms with Crippen molar-refractivity contribution in [3.63, 3.8) is 0 Å². The van der Waals surface area contributed by atoms with Gasteiger partial charge in [0.25, 0.3) is 0 Å². The smallest absolute Gasteiger partial charge is 0.314 e. The van der Waals surface area contributed by atoms with Crippen molar-refractivity contribution in [2.75, 3.05) is 13.2 Å². The van der Waals surface area contributed by atoms with E-state index in [4.69, 9.17) is 5.11 Å². The van der Waals surface area contributed by atoms with Crippen LogP contribution in [0, 0.1) is 22.7 Å². The molecule has 0 saturated heterocycles. The molecule has 2 fully saturated rings. The molecular weight excluding hydrogens is 304 g/mol. The van der Waals surface area contributed by atoms with Gasteiger partial charge in [0.05, 0.1) is 18.6 Å². The minimum Gasteiger partial charge on any atom is -0.481 e. The van der Waals surface area contributed by atoms with Crippen molar-refractivity contribution in [3.8, 4) is 0 Å². The van der Waals surface area contributed by atoms with Gasteiger partial charge in [-0.3, -0.25) is 4.79 Å². The molecule has 0 bridgehead atoms. The Labute approximate surface area is 145 Å². The van der Waals surface area contributed by atoms with Crippen LogP contribution in [0.4, 0.5) is 0 Å². The predicted octanol–water partition coefficient (Wildman–Crippen LogP) is 3.54. The summed E-state index contributed by atoms with van der Waals surface area (Å²) in [7, 11) is 0. The number of fused-ring (bicyclic) bond motifs is 1. The standard InChI is InChI=1S/C20H32O4/c1-14-7-11-20(18(23)24)15(2)5-4-6-17(20)19(14,3)10-8-16(13-22)9-12-21/h9,14,17,21-22H,2,4-8,10-13H2,1,3H3,(H,23,24)/b16-9-/t14-,17-,19+,20-/m1/s1. The van der Waals surface area contributed by atoms with E-state index in [2.05, 4.69) is 20.4 Å². The van der Waals surface area contributed by atoms with Gasteiger partial charge in [-0.15, -0.1) is 0 Å². The summed E-state index contributed by atoms with van der Waals surface area (Å²) in [6.45, 7) is 8.50. The zero-order chi connectivity index (χ0) is 18.0. The van der Waals surface area contributed by atoms with Crippen molar-refractivity contribution in [2.45, 2.75) is 58.8 Å². The molecule has 0 aromatic rings. The maximum absolute atomic E-state index is 12.3. The molecule has 2 rings (SSSR count). The van der Waals surface area contributed by atoms with Crippen molar-refractivity contribution >= 4 is 5.97 Å². The van der Waals surface area contributed by atoms with Crippen molar-refractivity contribution in [1.29, 1.82) is 0 Å². The first kappa shape index (κ1) is 19.2. The molecule has 2 aliphatic carbocycles. The summed E-state index contributed by atoms with van der Waals surface area (Å²) in [4.78, 5) is 12.3. The van der Waals surface area contributed by atoms with E-state index in [1.54, 1.807) is 6.08 Å². The lowest BCUT2D eigenvalue weighted by molar-refractivity contribution is -0.163. The highest BCUT2D eigenvalue weighted by molar-refractivity contribution is 5.79. The number of carbonyl (C=O) groups is 1. The molecule has 0 unspecified atom stereocenters. The van der Waals surface area contributed by atoms with Crippen molar-refractivity contribution in [1.82, 2.24) is 0 Å². The minimum atomic E-state index is -0.778. The molecule has 4 atom stereocenters. The number of hydrogen-bond donors (Lipinski definition) is 3. The Balaban J connectivity index is 2.33. The van der Waals surface area contributed by atoms with E-state index in [1.807, 2.05) is 0 Å². The number of rotatable bonds is 6. The van der Waals surface area contributed by atoms with Crippen LogP contribution >= 0.6 is 0 Å². The zero-order valence-corrected chi connectivity index (χ0v) is 15.1. The van der Waals surface area contributed by atoms with Gasteiger partial charge >= 0.3 is 5.97 Å². The van der Waals surface area contributed by atoms with Crippen molar-refractivity contribution in [2.24, 2.45) is 22.7 Å². The summed E-state index contributed by atoms with van der Waals surface area (Å²) in [5.74, 6) is -0.167. The number of aliphatic hydroxyl groups is 2. The van der Waals surface area contributed by atoms with E-state index in [9.17, 15) is 15.0 Å². The van der Waals surface area contributed by atoms with Crippen LogP contribution in [-0.2, 0) is 4.79 Å². The van der Waals surface area contributed by atoms with Gasteiger partial charge in [-0.1, -0.05) is 32.1 Å². The van der Waals surface area contributed by atoms with Gasteiger partial charge in [0.15, 0.2) is 0 Å². The molecule has 0 aliphatic heterocycles. The minimum absolute atomic E-state index is 0.0491. The SMILES string of the molecule is C=C1CCC[C@H]2[C@@]1(C(=O)O)CC[C@@H](C)[C@]2(C)CC/C(=C/CO)CO. The molecular formula is C20H32O4. The van der Waals surface area contributed by atoms with E-state index in [0.29, 0.717) is 18.8 Å². The first-order valence-electron chi connectivity index (χ1n) is 9.14. The summed E-state index contributed by atoms with van der Waals surface area (Å²) in [5.41, 5.74) is 0.869. The fraction of sp³-hybridized carbons (Fsp3) is 0.750. The molecule has 0 aromatic heterocycles. The van der Waals surface area contributed by atoms with Crippen LogP contribution in [0.5, 0.6) is 0 Å². The largest absolute Gasteiger partial charge is 0.481 e. The molecule has 136 valence electrons. The summed E-state index contributed by atoms with van der Waals surface area (Å²) in [6.07, 6.45) is 7.58. The maximum Gasteiger partial charge on any atom is 0.314 e. The lowest BCUT2D eigenvalue weighted by Crippen LogP contribution is -2.55. The van der Waals surface area contributed by atoms with Crippen LogP contribution in [0.25, 0.3) is 0 Å². The number of carboxylic acid groups (broad SMARTS) is 1. The van der Waals surface area contributed by atoms with E-state index in [0.717, 1.165) is 43.3 Å². The van der Waals surface area contributed by atoms with Crippen LogP contribution in [0.15, 0.2) is 23.8 Å². The first-order valence-corrected chi connectivity index (χ1v) is 9.14. The van der Waals surface area contributed by atoms with Gasteiger partial charge in [-0.05, 0) is 67.8 Å². The highest BCUT2D eigenvalue weighted by atomic mass is 16.4. The molecule has 2 aliphatic rings. The van der Waals surface area contributed by atoms with Crippen LogP contribution < -0.4 is 0 Å². The molecule has 0 radical (unpaired) electrons. The Kier molecular flexibility index (Phi) is 5.92. The van der Waals surface area contributed by atoms with E-state index in [1.165, 1.54) is 0 Å². The average molecular weight is 336 g/mol. The van der Waals surface area contributed by atoms with E-state index >= 15 is 0 Å². The number of aliphatic carboxylic acids is 1. The van der Waals surface area contributed by atoms with Crippen LogP contribution in [-0.4, -0.2) is 34.5 Å². The Bertz CT molecular complexity index is 524. The Morgan fingerprint density at radius 2 is 2.08 bits per heavy atom. The third-order valence-electron chi connectivity index (χ3n) is 7.04. The normalized spacial score (nSPS) is 37.2. The third kappa shape index (κ3) is 3.06. The number of carboxylic acids is 1. The quantitative estimate of drug-likeness (QED) is 0.648. The predicted molar refractivity (Wildman–Crippen MR) is 94.5 cm³/mol. The Morgan fingerprint density at radius 3 is 2.67 bits per heavy atom. The van der Waals surface area contributed by atoms with Gasteiger partial charge in [-0.25, -0.2) is 0 Å². The maximum atomic E-state index is 12.3. The zero-order valence-electron chi connectivity index (χ0n) is 15.1. The molecule has 0 spiro atoms. The van der Waals surface area contributed by atoms with Crippen LogP contribution in [0.2, 0.25) is 0 Å². The fourth-order valence-corrected chi connectivity index (χ4v) is 5.23. The topological polar surface area (TPSA) is 77.8 Å². The molecule has 3 N–H and O–H groups in total. The first-order chi connectivity index (χ1) is 11.3. The van der Waals surface area contributed by atoms with E-state index in [-0.39, 0.29) is 24.5 Å². The number of aliphatic hydroxyl groups excluding tert-OH is 2. The lowest BCUT2D eigenvalue weighted by atomic mass is 9.45. The summed E-state index contributed by atoms with van der Waals surface area (Å²) in [6, 6.07) is 0. The van der Waals surface area contributed by atoms with Gasteiger partial charge in [0, 0.05) is 0 Å². The lowest BCUT2D eigenvalue weighted by Gasteiger charge is -2.58. The monoisotopic (exact) mass is 336 g/mol. The van der Waals surface area contributed by atoms with Gasteiger partial charge < -0.3 is 15.3 Å². The second-order valence-electron chi connectivity index (χ2n) is 7.97.